The molecule has 2 saturated heterocycles. The average molecular weight is 500 g/mol. The minimum atomic E-state index is -0.686. The minimum absolute atomic E-state index is 0.116. The number of hydrazine groups is 1. The Hall–Kier alpha value is -4.21. The predicted octanol–water partition coefficient (Wildman–Crippen LogP) is 2.27. The summed E-state index contributed by atoms with van der Waals surface area (Å²) in [6, 6.07) is 18.5. The zero-order valence-corrected chi connectivity index (χ0v) is 20.3. The number of nitrogens with one attached hydrogen (secondary N) is 1. The van der Waals surface area contributed by atoms with Gasteiger partial charge in [-0.15, -0.1) is 6.58 Å². The maximum absolute atomic E-state index is 13.8. The Balaban J connectivity index is 1.42. The van der Waals surface area contributed by atoms with E-state index in [0.717, 1.165) is 22.5 Å². The number of rotatable bonds is 7. The molecule has 0 spiro atoms. The largest absolute Gasteiger partial charge is 0.508 e. The summed E-state index contributed by atoms with van der Waals surface area (Å²) >= 11 is 0. The van der Waals surface area contributed by atoms with E-state index in [-0.39, 0.29) is 36.0 Å². The van der Waals surface area contributed by atoms with Crippen molar-refractivity contribution in [3.8, 4) is 22.8 Å². The van der Waals surface area contributed by atoms with Gasteiger partial charge in [0.15, 0.2) is 0 Å². The summed E-state index contributed by atoms with van der Waals surface area (Å²) in [6.07, 6.45) is 1.68. The molecule has 3 N–H and O–H groups in total. The lowest BCUT2D eigenvalue weighted by Crippen LogP contribution is -2.74. The van der Waals surface area contributed by atoms with Crippen LogP contribution in [0.15, 0.2) is 79.4 Å². The highest BCUT2D eigenvalue weighted by Gasteiger charge is 2.46. The molecular weight excluding hydrogens is 470 g/mol. The van der Waals surface area contributed by atoms with E-state index in [4.69, 9.17) is 4.98 Å². The molecule has 2 aromatic carbocycles. The molecule has 9 heteroatoms. The molecule has 190 valence electrons. The zero-order valence-electron chi connectivity index (χ0n) is 20.3. The van der Waals surface area contributed by atoms with Crippen LogP contribution >= 0.6 is 0 Å². The van der Waals surface area contributed by atoms with Crippen LogP contribution in [-0.4, -0.2) is 73.7 Å². The second kappa shape index (κ2) is 10.4. The van der Waals surface area contributed by atoms with Crippen molar-refractivity contribution in [3.05, 3.63) is 90.6 Å². The van der Waals surface area contributed by atoms with Gasteiger partial charge in [0.25, 0.3) is 0 Å². The van der Waals surface area contributed by atoms with E-state index in [1.807, 2.05) is 23.2 Å². The first-order chi connectivity index (χ1) is 17.9. The Kier molecular flexibility index (Phi) is 6.89. The quantitative estimate of drug-likeness (QED) is 0.428. The van der Waals surface area contributed by atoms with E-state index in [2.05, 4.69) is 12.0 Å². The van der Waals surface area contributed by atoms with Crippen molar-refractivity contribution in [1.29, 1.82) is 0 Å². The second-order valence-electron chi connectivity index (χ2n) is 9.28. The number of aromatic nitrogens is 1. The fourth-order valence-electron chi connectivity index (χ4n) is 4.90. The van der Waals surface area contributed by atoms with Gasteiger partial charge in [-0.3, -0.25) is 14.6 Å². The highest BCUT2D eigenvalue weighted by molar-refractivity contribution is 5.90. The number of nitrogens with zero attached hydrogens (tertiary/aromatic N) is 4. The van der Waals surface area contributed by atoms with Gasteiger partial charge in [-0.05, 0) is 54.1 Å². The fraction of sp³-hybridized carbons (Fsp3) is 0.250. The number of hydrogen-bond acceptors (Lipinski definition) is 7. The minimum Gasteiger partial charge on any atom is -0.508 e. The molecule has 0 bridgehead atoms. The van der Waals surface area contributed by atoms with Crippen LogP contribution in [0.2, 0.25) is 0 Å². The Morgan fingerprint density at radius 2 is 1.70 bits per heavy atom. The van der Waals surface area contributed by atoms with E-state index in [9.17, 15) is 19.8 Å². The molecular formula is C28H29N5O4. The van der Waals surface area contributed by atoms with Crippen LogP contribution in [0.5, 0.6) is 11.5 Å². The molecule has 37 heavy (non-hydrogen) atoms. The third kappa shape index (κ3) is 5.32. The van der Waals surface area contributed by atoms with Crippen LogP contribution in [0, 0.1) is 0 Å². The Labute approximate surface area is 215 Å². The average Bonchev–Trinajstić information content (AvgIpc) is 2.88. The van der Waals surface area contributed by atoms with Crippen LogP contribution in [-0.2, 0) is 22.6 Å². The standard InChI is InChI=1S/C28H29N5O4/c1-2-14-32-18-27(36)33-25(15-19-6-10-22(34)11-7-19)28(37)31(17-26(33)30-32)16-21-4-3-5-24(29-21)20-8-12-23(35)13-9-20/h2-13,25-26,30,34-35H,1,14-18H2/t25-,26?/m0/s1. The van der Waals surface area contributed by atoms with Gasteiger partial charge in [-0.1, -0.05) is 24.3 Å². The number of phenols is 2. The van der Waals surface area contributed by atoms with Crippen LogP contribution in [0.4, 0.5) is 0 Å². The molecule has 2 fully saturated rings. The van der Waals surface area contributed by atoms with Crippen LogP contribution in [0.1, 0.15) is 11.3 Å². The van der Waals surface area contributed by atoms with E-state index < -0.39 is 6.04 Å². The van der Waals surface area contributed by atoms with E-state index in [0.29, 0.717) is 26.1 Å². The number of phenolic OH excluding ortho intramolecular Hbond substituents is 2. The number of aromatic hydroxyl groups is 2. The summed E-state index contributed by atoms with van der Waals surface area (Å²) in [5.41, 5.74) is 6.56. The normalized spacial score (nSPS) is 20.1. The van der Waals surface area contributed by atoms with Crippen molar-refractivity contribution in [2.45, 2.75) is 25.2 Å². The lowest BCUT2D eigenvalue weighted by Gasteiger charge is -2.50. The van der Waals surface area contributed by atoms with Gasteiger partial charge in [-0.25, -0.2) is 10.4 Å². The molecule has 3 aromatic rings. The van der Waals surface area contributed by atoms with Crippen molar-refractivity contribution in [2.75, 3.05) is 19.6 Å². The summed E-state index contributed by atoms with van der Waals surface area (Å²) in [5.74, 6) is 0.0694. The molecule has 2 amide bonds. The van der Waals surface area contributed by atoms with Gasteiger partial charge >= 0.3 is 0 Å². The Bertz CT molecular complexity index is 1290. The maximum atomic E-state index is 13.8. The van der Waals surface area contributed by atoms with Crippen molar-refractivity contribution in [1.82, 2.24) is 25.2 Å². The maximum Gasteiger partial charge on any atom is 0.246 e. The van der Waals surface area contributed by atoms with Gasteiger partial charge < -0.3 is 20.0 Å². The molecule has 0 radical (unpaired) electrons. The number of carbonyl (C=O) groups excluding carboxylic acids is 2. The first-order valence-electron chi connectivity index (χ1n) is 12.2. The van der Waals surface area contributed by atoms with Gasteiger partial charge in [-0.2, -0.15) is 0 Å². The number of hydrogen-bond donors (Lipinski definition) is 3. The first-order valence-corrected chi connectivity index (χ1v) is 12.2. The lowest BCUT2D eigenvalue weighted by atomic mass is 9.99. The third-order valence-corrected chi connectivity index (χ3v) is 6.64. The monoisotopic (exact) mass is 499 g/mol. The van der Waals surface area contributed by atoms with Gasteiger partial charge in [0.2, 0.25) is 11.8 Å². The second-order valence-corrected chi connectivity index (χ2v) is 9.28. The van der Waals surface area contributed by atoms with Crippen LogP contribution in [0.3, 0.4) is 0 Å². The lowest BCUT2D eigenvalue weighted by molar-refractivity contribution is -0.168. The Morgan fingerprint density at radius 1 is 1.00 bits per heavy atom. The Morgan fingerprint density at radius 3 is 2.41 bits per heavy atom. The number of benzene rings is 2. The number of fused-ring (bicyclic) bond motifs is 1. The molecule has 9 nitrogen and oxygen atoms in total. The van der Waals surface area contributed by atoms with Crippen molar-refractivity contribution < 1.29 is 19.8 Å². The summed E-state index contributed by atoms with van der Waals surface area (Å²) in [4.78, 5) is 35.1. The summed E-state index contributed by atoms with van der Waals surface area (Å²) < 4.78 is 0. The SMILES string of the molecule is C=CCN1CC(=O)N2C(CN(Cc3cccc(-c4ccc(O)cc4)n3)C(=O)[C@@H]2Cc2ccc(O)cc2)N1. The third-order valence-electron chi connectivity index (χ3n) is 6.64. The molecule has 5 rings (SSSR count). The highest BCUT2D eigenvalue weighted by Crippen LogP contribution is 2.26. The summed E-state index contributed by atoms with van der Waals surface area (Å²) in [6.45, 7) is 5.03. The van der Waals surface area contributed by atoms with Gasteiger partial charge in [0.1, 0.15) is 23.7 Å². The van der Waals surface area contributed by atoms with Gasteiger partial charge in [0, 0.05) is 18.5 Å². The number of piperazine rings is 1. The molecule has 3 heterocycles. The molecule has 2 aliphatic rings. The van der Waals surface area contributed by atoms with Crippen LogP contribution in [0.25, 0.3) is 11.3 Å². The molecule has 1 unspecified atom stereocenters. The van der Waals surface area contributed by atoms with E-state index >= 15 is 0 Å². The number of pyridine rings is 1. The van der Waals surface area contributed by atoms with Crippen molar-refractivity contribution in [3.63, 3.8) is 0 Å². The smallest absolute Gasteiger partial charge is 0.246 e. The van der Waals surface area contributed by atoms with E-state index in [1.54, 1.807) is 64.4 Å². The molecule has 2 atom stereocenters. The number of amides is 2. The van der Waals surface area contributed by atoms with E-state index in [1.165, 1.54) is 0 Å². The fourth-order valence-corrected chi connectivity index (χ4v) is 4.90. The summed E-state index contributed by atoms with van der Waals surface area (Å²) in [5, 5.41) is 21.1. The first kappa shape index (κ1) is 24.5. The topological polar surface area (TPSA) is 109 Å². The zero-order chi connectivity index (χ0) is 25.9. The molecule has 1 aromatic heterocycles. The number of carbonyl (C=O) groups is 2. The van der Waals surface area contributed by atoms with Crippen molar-refractivity contribution >= 4 is 11.8 Å². The molecule has 0 aliphatic carbocycles. The highest BCUT2D eigenvalue weighted by atomic mass is 16.3. The molecule has 2 aliphatic heterocycles. The predicted molar refractivity (Wildman–Crippen MR) is 138 cm³/mol. The van der Waals surface area contributed by atoms with Gasteiger partial charge in [0.05, 0.1) is 31.0 Å². The molecule has 0 saturated carbocycles. The van der Waals surface area contributed by atoms with Crippen molar-refractivity contribution in [2.24, 2.45) is 0 Å². The summed E-state index contributed by atoms with van der Waals surface area (Å²) in [7, 11) is 0. The van der Waals surface area contributed by atoms with Crippen LogP contribution < -0.4 is 5.43 Å².